The highest BCUT2D eigenvalue weighted by Crippen LogP contribution is 2.26. The van der Waals surface area contributed by atoms with Crippen LogP contribution in [0, 0.1) is 0 Å². The standard InChI is InChI=1S/C27H23N5O4/c1-31-23-22(24(28)33)29-25(18-11-13-20(14-12-18)36-16-17-7-4-3-5-8-17)30-26(23)32(27(31)34)19-9-6-10-21(15-19)35-2/h3-15H,16H2,1-2H3,(H2,28,33). The molecule has 36 heavy (non-hydrogen) atoms. The smallest absolute Gasteiger partial charge is 0.334 e. The van der Waals surface area contributed by atoms with Gasteiger partial charge in [-0.2, -0.15) is 0 Å². The Kier molecular flexibility index (Phi) is 5.95. The predicted molar refractivity (Wildman–Crippen MR) is 135 cm³/mol. The summed E-state index contributed by atoms with van der Waals surface area (Å²) in [7, 11) is 3.10. The number of nitrogens with zero attached hydrogens (tertiary/aromatic N) is 4. The van der Waals surface area contributed by atoms with Crippen molar-refractivity contribution in [1.29, 1.82) is 0 Å². The molecule has 0 fully saturated rings. The van der Waals surface area contributed by atoms with Gasteiger partial charge < -0.3 is 15.2 Å². The number of primary amides is 1. The zero-order valence-corrected chi connectivity index (χ0v) is 19.7. The number of fused-ring (bicyclic) bond motifs is 1. The molecule has 9 nitrogen and oxygen atoms in total. The van der Waals surface area contributed by atoms with Crippen molar-refractivity contribution >= 4 is 17.1 Å². The van der Waals surface area contributed by atoms with Crippen molar-refractivity contribution in [3.8, 4) is 28.6 Å². The predicted octanol–water partition coefficient (Wildman–Crippen LogP) is 3.47. The average molecular weight is 482 g/mol. The number of amides is 1. The molecule has 3 aromatic carbocycles. The van der Waals surface area contributed by atoms with Gasteiger partial charge in [0.15, 0.2) is 17.2 Å². The molecule has 0 saturated heterocycles. The van der Waals surface area contributed by atoms with E-state index in [1.54, 1.807) is 62.7 Å². The van der Waals surface area contributed by atoms with Crippen LogP contribution in [-0.4, -0.2) is 32.1 Å². The fourth-order valence-corrected chi connectivity index (χ4v) is 3.97. The van der Waals surface area contributed by atoms with Crippen molar-refractivity contribution < 1.29 is 14.3 Å². The summed E-state index contributed by atoms with van der Waals surface area (Å²) in [6.07, 6.45) is 0. The Bertz CT molecular complexity index is 1620. The van der Waals surface area contributed by atoms with Crippen LogP contribution < -0.4 is 20.9 Å². The molecule has 0 spiro atoms. The second-order valence-corrected chi connectivity index (χ2v) is 8.11. The van der Waals surface area contributed by atoms with Crippen molar-refractivity contribution in [3.63, 3.8) is 0 Å². The summed E-state index contributed by atoms with van der Waals surface area (Å²) in [6, 6.07) is 24.1. The lowest BCUT2D eigenvalue weighted by molar-refractivity contribution is 0.0997. The summed E-state index contributed by atoms with van der Waals surface area (Å²) >= 11 is 0. The maximum absolute atomic E-state index is 13.2. The topological polar surface area (TPSA) is 114 Å². The first-order valence-corrected chi connectivity index (χ1v) is 11.2. The van der Waals surface area contributed by atoms with Crippen molar-refractivity contribution in [2.75, 3.05) is 7.11 Å². The Hall–Kier alpha value is -4.92. The molecule has 0 aliphatic heterocycles. The highest BCUT2D eigenvalue weighted by atomic mass is 16.5. The van der Waals surface area contributed by atoms with E-state index < -0.39 is 11.6 Å². The molecule has 2 aromatic heterocycles. The maximum Gasteiger partial charge on any atom is 0.334 e. The lowest BCUT2D eigenvalue weighted by atomic mass is 10.2. The summed E-state index contributed by atoms with van der Waals surface area (Å²) in [5, 5.41) is 0. The van der Waals surface area contributed by atoms with E-state index in [1.165, 1.54) is 9.13 Å². The van der Waals surface area contributed by atoms with E-state index in [9.17, 15) is 9.59 Å². The summed E-state index contributed by atoms with van der Waals surface area (Å²) in [5.74, 6) is 0.747. The molecule has 0 aliphatic carbocycles. The number of nitrogens with two attached hydrogens (primary N) is 1. The largest absolute Gasteiger partial charge is 0.497 e. The van der Waals surface area contributed by atoms with Gasteiger partial charge in [-0.25, -0.2) is 19.3 Å². The van der Waals surface area contributed by atoms with Crippen molar-refractivity contribution in [2.24, 2.45) is 12.8 Å². The molecular weight excluding hydrogens is 458 g/mol. The first-order valence-electron chi connectivity index (χ1n) is 11.2. The zero-order valence-electron chi connectivity index (χ0n) is 19.7. The number of imidazole rings is 1. The SMILES string of the molecule is COc1cccc(-n2c(=O)n(C)c3c(C(N)=O)nc(-c4ccc(OCc5ccccc5)cc4)nc32)c1. The van der Waals surface area contributed by atoms with Gasteiger partial charge in [0.1, 0.15) is 23.6 Å². The van der Waals surface area contributed by atoms with E-state index in [2.05, 4.69) is 9.97 Å². The highest BCUT2D eigenvalue weighted by Gasteiger charge is 2.23. The third-order valence-corrected chi connectivity index (χ3v) is 5.80. The number of aryl methyl sites for hydroxylation is 1. The van der Waals surface area contributed by atoms with Crippen LogP contribution in [0.1, 0.15) is 16.1 Å². The number of hydrogen-bond acceptors (Lipinski definition) is 6. The minimum atomic E-state index is -0.759. The number of aromatic nitrogens is 4. The van der Waals surface area contributed by atoms with Gasteiger partial charge in [0.25, 0.3) is 5.91 Å². The molecule has 0 saturated carbocycles. The minimum Gasteiger partial charge on any atom is -0.497 e. The molecule has 180 valence electrons. The van der Waals surface area contributed by atoms with Crippen LogP contribution in [0.25, 0.3) is 28.2 Å². The summed E-state index contributed by atoms with van der Waals surface area (Å²) in [6.45, 7) is 0.436. The first-order chi connectivity index (χ1) is 17.5. The number of methoxy groups -OCH3 is 1. The molecule has 1 amide bonds. The molecule has 0 radical (unpaired) electrons. The van der Waals surface area contributed by atoms with Crippen LogP contribution in [-0.2, 0) is 13.7 Å². The molecule has 0 atom stereocenters. The third kappa shape index (κ3) is 4.18. The normalized spacial score (nSPS) is 10.9. The lowest BCUT2D eigenvalue weighted by Gasteiger charge is -2.09. The third-order valence-electron chi connectivity index (χ3n) is 5.80. The van der Waals surface area contributed by atoms with Crippen molar-refractivity contribution in [3.05, 3.63) is 101 Å². The molecule has 2 heterocycles. The van der Waals surface area contributed by atoms with Crippen molar-refractivity contribution in [1.82, 2.24) is 19.1 Å². The van der Waals surface area contributed by atoms with Gasteiger partial charge >= 0.3 is 5.69 Å². The Morgan fingerprint density at radius 2 is 1.69 bits per heavy atom. The Balaban J connectivity index is 1.59. The number of ether oxygens (including phenoxy) is 2. The van der Waals surface area contributed by atoms with Gasteiger partial charge in [0.05, 0.1) is 12.8 Å². The van der Waals surface area contributed by atoms with Crippen LogP contribution in [0.5, 0.6) is 11.5 Å². The van der Waals surface area contributed by atoms with Gasteiger partial charge in [-0.05, 0) is 42.0 Å². The van der Waals surface area contributed by atoms with Crippen LogP contribution in [0.15, 0.2) is 83.7 Å². The number of benzene rings is 3. The quantitative estimate of drug-likeness (QED) is 0.381. The zero-order chi connectivity index (χ0) is 25.2. The molecular formula is C27H23N5O4. The van der Waals surface area contributed by atoms with Gasteiger partial charge in [-0.1, -0.05) is 36.4 Å². The number of carbonyl (C=O) groups is 1. The Labute approximate surface area is 206 Å². The van der Waals surface area contributed by atoms with Crippen LogP contribution in [0.3, 0.4) is 0 Å². The maximum atomic E-state index is 13.2. The monoisotopic (exact) mass is 481 g/mol. The van der Waals surface area contributed by atoms with Crippen LogP contribution in [0.2, 0.25) is 0 Å². The molecule has 5 aromatic rings. The lowest BCUT2D eigenvalue weighted by Crippen LogP contribution is -2.21. The molecule has 9 heteroatoms. The van der Waals surface area contributed by atoms with E-state index in [4.69, 9.17) is 15.2 Å². The number of hydrogen-bond donors (Lipinski definition) is 1. The van der Waals surface area contributed by atoms with Crippen molar-refractivity contribution in [2.45, 2.75) is 6.61 Å². The highest BCUT2D eigenvalue weighted by molar-refractivity contribution is 6.02. The Morgan fingerprint density at radius 3 is 2.39 bits per heavy atom. The number of carbonyl (C=O) groups excluding carboxylic acids is 1. The average Bonchev–Trinajstić information content (AvgIpc) is 3.17. The van der Waals surface area contributed by atoms with Gasteiger partial charge in [0, 0.05) is 18.7 Å². The van der Waals surface area contributed by atoms with Gasteiger partial charge in [0.2, 0.25) is 0 Å². The summed E-state index contributed by atoms with van der Waals surface area (Å²) < 4.78 is 13.9. The van der Waals surface area contributed by atoms with Gasteiger partial charge in [-0.15, -0.1) is 0 Å². The van der Waals surface area contributed by atoms with E-state index in [0.29, 0.717) is 29.4 Å². The molecule has 5 rings (SSSR count). The van der Waals surface area contributed by atoms with Crippen LogP contribution in [0.4, 0.5) is 0 Å². The fraction of sp³-hybridized carbons (Fsp3) is 0.111. The minimum absolute atomic E-state index is 0.0411. The van der Waals surface area contributed by atoms with E-state index in [1.807, 2.05) is 30.3 Å². The molecule has 2 N–H and O–H groups in total. The Morgan fingerprint density at radius 1 is 0.944 bits per heavy atom. The first kappa shape index (κ1) is 22.9. The van der Waals surface area contributed by atoms with E-state index >= 15 is 0 Å². The summed E-state index contributed by atoms with van der Waals surface area (Å²) in [4.78, 5) is 34.6. The molecule has 0 unspecified atom stereocenters. The van der Waals surface area contributed by atoms with Crippen LogP contribution >= 0.6 is 0 Å². The molecule has 0 bridgehead atoms. The second kappa shape index (κ2) is 9.38. The molecule has 0 aliphatic rings. The fourth-order valence-electron chi connectivity index (χ4n) is 3.97. The van der Waals surface area contributed by atoms with E-state index in [0.717, 1.165) is 5.56 Å². The second-order valence-electron chi connectivity index (χ2n) is 8.11. The summed E-state index contributed by atoms with van der Waals surface area (Å²) in [5.41, 5.74) is 7.98. The van der Waals surface area contributed by atoms with E-state index in [-0.39, 0.29) is 22.7 Å². The van der Waals surface area contributed by atoms with Gasteiger partial charge in [-0.3, -0.25) is 9.36 Å². The number of rotatable bonds is 7.